The van der Waals surface area contributed by atoms with Crippen LogP contribution >= 0.6 is 0 Å². The number of hydrogen-bond donors (Lipinski definition) is 1. The van der Waals surface area contributed by atoms with Crippen LogP contribution in [0.4, 0.5) is 4.79 Å². The first-order chi connectivity index (χ1) is 10.1. The van der Waals surface area contributed by atoms with Gasteiger partial charge in [-0.1, -0.05) is 0 Å². The molecule has 1 N–H and O–H groups in total. The molecule has 3 fully saturated rings. The third-order valence-electron chi connectivity index (χ3n) is 5.18. The summed E-state index contributed by atoms with van der Waals surface area (Å²) >= 11 is 0. The number of rotatable bonds is 4. The van der Waals surface area contributed by atoms with Gasteiger partial charge in [0, 0.05) is 31.8 Å². The predicted molar refractivity (Wildman–Crippen MR) is 76.0 cm³/mol. The molecule has 0 radical (unpaired) electrons. The van der Waals surface area contributed by atoms with E-state index in [1.54, 1.807) is 0 Å². The summed E-state index contributed by atoms with van der Waals surface area (Å²) in [5.41, 5.74) is 0. The Morgan fingerprint density at radius 1 is 1.33 bits per heavy atom. The van der Waals surface area contributed by atoms with E-state index < -0.39 is 5.97 Å². The summed E-state index contributed by atoms with van der Waals surface area (Å²) in [7, 11) is 0. The minimum atomic E-state index is -0.762. The Kier molecular flexibility index (Phi) is 4.06. The maximum absolute atomic E-state index is 12.8. The topological polar surface area (TPSA) is 70.1 Å². The molecule has 3 rings (SSSR count). The van der Waals surface area contributed by atoms with Crippen molar-refractivity contribution in [3.8, 4) is 0 Å². The van der Waals surface area contributed by atoms with E-state index in [-0.39, 0.29) is 30.1 Å². The SMILES string of the molecule is CCN(CC1CCCO1)C(=O)N1C2CCC1C(C(=O)O)C2. The molecular weight excluding hydrogens is 272 g/mol. The number of carboxylic acids is 1. The average molecular weight is 296 g/mol. The van der Waals surface area contributed by atoms with Crippen LogP contribution in [0.15, 0.2) is 0 Å². The summed E-state index contributed by atoms with van der Waals surface area (Å²) in [5, 5.41) is 9.29. The van der Waals surface area contributed by atoms with Gasteiger partial charge < -0.3 is 19.6 Å². The summed E-state index contributed by atoms with van der Waals surface area (Å²) in [6.07, 6.45) is 4.59. The van der Waals surface area contributed by atoms with Gasteiger partial charge in [0.15, 0.2) is 0 Å². The van der Waals surface area contributed by atoms with Crippen LogP contribution in [0.5, 0.6) is 0 Å². The molecule has 0 aromatic heterocycles. The van der Waals surface area contributed by atoms with Crippen LogP contribution in [0.1, 0.15) is 39.0 Å². The van der Waals surface area contributed by atoms with Gasteiger partial charge >= 0.3 is 12.0 Å². The lowest BCUT2D eigenvalue weighted by molar-refractivity contribution is -0.142. The molecule has 0 aromatic carbocycles. The molecule has 3 saturated heterocycles. The van der Waals surface area contributed by atoms with E-state index in [0.717, 1.165) is 32.3 Å². The highest BCUT2D eigenvalue weighted by atomic mass is 16.5. The minimum Gasteiger partial charge on any atom is -0.481 e. The molecule has 6 heteroatoms. The molecule has 4 unspecified atom stereocenters. The van der Waals surface area contributed by atoms with Crippen LogP contribution in [-0.4, -0.2) is 64.8 Å². The lowest BCUT2D eigenvalue weighted by atomic mass is 9.89. The van der Waals surface area contributed by atoms with E-state index in [1.807, 2.05) is 16.7 Å². The normalized spacial score (nSPS) is 34.4. The van der Waals surface area contributed by atoms with Crippen molar-refractivity contribution in [2.24, 2.45) is 5.92 Å². The van der Waals surface area contributed by atoms with Crippen LogP contribution in [0, 0.1) is 5.92 Å². The van der Waals surface area contributed by atoms with E-state index in [0.29, 0.717) is 19.5 Å². The fourth-order valence-corrected chi connectivity index (χ4v) is 4.09. The largest absolute Gasteiger partial charge is 0.481 e. The van der Waals surface area contributed by atoms with Crippen LogP contribution < -0.4 is 0 Å². The molecule has 0 saturated carbocycles. The van der Waals surface area contributed by atoms with Crippen molar-refractivity contribution >= 4 is 12.0 Å². The second-order valence-electron chi connectivity index (χ2n) is 6.34. The first kappa shape index (κ1) is 14.6. The Labute approximate surface area is 125 Å². The van der Waals surface area contributed by atoms with Crippen molar-refractivity contribution in [1.29, 1.82) is 0 Å². The van der Waals surface area contributed by atoms with Crippen LogP contribution in [0.3, 0.4) is 0 Å². The molecule has 2 amide bonds. The number of carbonyl (C=O) groups is 2. The van der Waals surface area contributed by atoms with E-state index in [2.05, 4.69) is 0 Å². The van der Waals surface area contributed by atoms with Gasteiger partial charge in [0.1, 0.15) is 0 Å². The average Bonchev–Trinajstić information content (AvgIpc) is 3.19. The number of nitrogens with zero attached hydrogens (tertiary/aromatic N) is 2. The third kappa shape index (κ3) is 2.61. The lowest BCUT2D eigenvalue weighted by Crippen LogP contribution is -2.48. The molecule has 2 bridgehead atoms. The molecule has 6 nitrogen and oxygen atoms in total. The van der Waals surface area contributed by atoms with E-state index in [4.69, 9.17) is 4.74 Å². The van der Waals surface area contributed by atoms with Gasteiger partial charge in [-0.3, -0.25) is 4.79 Å². The number of fused-ring (bicyclic) bond motifs is 2. The van der Waals surface area contributed by atoms with Crippen LogP contribution in [-0.2, 0) is 9.53 Å². The highest BCUT2D eigenvalue weighted by Gasteiger charge is 2.52. The Morgan fingerprint density at radius 3 is 2.71 bits per heavy atom. The van der Waals surface area contributed by atoms with Crippen molar-refractivity contribution in [2.45, 2.75) is 57.2 Å². The number of carbonyl (C=O) groups excluding carboxylic acids is 1. The van der Waals surface area contributed by atoms with Crippen molar-refractivity contribution in [3.63, 3.8) is 0 Å². The molecule has 0 aromatic rings. The number of hydrogen-bond acceptors (Lipinski definition) is 3. The molecule has 3 heterocycles. The number of likely N-dealkylation sites (N-methyl/N-ethyl adjacent to an activating group) is 1. The Morgan fingerprint density at radius 2 is 2.14 bits per heavy atom. The van der Waals surface area contributed by atoms with E-state index in [1.165, 1.54) is 0 Å². The van der Waals surface area contributed by atoms with Gasteiger partial charge in [0.2, 0.25) is 0 Å². The Hall–Kier alpha value is -1.30. The van der Waals surface area contributed by atoms with Crippen molar-refractivity contribution < 1.29 is 19.4 Å². The molecular formula is C15H24N2O4. The zero-order chi connectivity index (χ0) is 15.0. The third-order valence-corrected chi connectivity index (χ3v) is 5.18. The second-order valence-corrected chi connectivity index (χ2v) is 6.34. The van der Waals surface area contributed by atoms with Gasteiger partial charge in [-0.15, -0.1) is 0 Å². The first-order valence-corrected chi connectivity index (χ1v) is 8.03. The maximum Gasteiger partial charge on any atom is 0.320 e. The molecule has 4 atom stereocenters. The Balaban J connectivity index is 1.67. The standard InChI is InChI=1S/C15H24N2O4/c1-2-16(9-11-4-3-7-21-11)15(20)17-10-5-6-13(17)12(8-10)14(18)19/h10-13H,2-9H2,1H3,(H,18,19). The molecule has 0 aliphatic carbocycles. The van der Waals surface area contributed by atoms with Crippen LogP contribution in [0.2, 0.25) is 0 Å². The maximum atomic E-state index is 12.8. The number of amides is 2. The number of aliphatic carboxylic acids is 1. The summed E-state index contributed by atoms with van der Waals surface area (Å²) in [6, 6.07) is 0.00458. The number of urea groups is 1. The lowest BCUT2D eigenvalue weighted by Gasteiger charge is -2.32. The first-order valence-electron chi connectivity index (χ1n) is 8.03. The smallest absolute Gasteiger partial charge is 0.320 e. The fraction of sp³-hybridized carbons (Fsp3) is 0.867. The van der Waals surface area contributed by atoms with Gasteiger partial charge in [0.05, 0.1) is 12.0 Å². The fourth-order valence-electron chi connectivity index (χ4n) is 4.09. The quantitative estimate of drug-likeness (QED) is 0.854. The monoisotopic (exact) mass is 296 g/mol. The molecule has 21 heavy (non-hydrogen) atoms. The highest BCUT2D eigenvalue weighted by molar-refractivity contribution is 5.79. The molecule has 3 aliphatic heterocycles. The minimum absolute atomic E-state index is 0.00394. The van der Waals surface area contributed by atoms with Gasteiger partial charge in [-0.25, -0.2) is 4.79 Å². The van der Waals surface area contributed by atoms with Crippen LogP contribution in [0.25, 0.3) is 0 Å². The van der Waals surface area contributed by atoms with Gasteiger partial charge in [-0.05, 0) is 39.0 Å². The highest BCUT2D eigenvalue weighted by Crippen LogP contribution is 2.42. The molecule has 118 valence electrons. The zero-order valence-corrected chi connectivity index (χ0v) is 12.5. The van der Waals surface area contributed by atoms with Crippen molar-refractivity contribution in [2.75, 3.05) is 19.7 Å². The predicted octanol–water partition coefficient (Wildman–Crippen LogP) is 1.54. The van der Waals surface area contributed by atoms with Gasteiger partial charge in [0.25, 0.3) is 0 Å². The van der Waals surface area contributed by atoms with E-state index in [9.17, 15) is 14.7 Å². The van der Waals surface area contributed by atoms with Gasteiger partial charge in [-0.2, -0.15) is 0 Å². The van der Waals surface area contributed by atoms with E-state index >= 15 is 0 Å². The number of carboxylic acid groups (broad SMARTS) is 1. The second kappa shape index (κ2) is 5.83. The summed E-state index contributed by atoms with van der Waals surface area (Å²) < 4.78 is 5.62. The van der Waals surface area contributed by atoms with Crippen molar-refractivity contribution in [3.05, 3.63) is 0 Å². The summed E-state index contributed by atoms with van der Waals surface area (Å²) in [6.45, 7) is 4.03. The summed E-state index contributed by atoms with van der Waals surface area (Å²) in [5.74, 6) is -1.14. The molecule has 0 spiro atoms. The summed E-state index contributed by atoms with van der Waals surface area (Å²) in [4.78, 5) is 27.8. The Bertz CT molecular complexity index is 422. The number of ether oxygens (including phenoxy) is 1. The zero-order valence-electron chi connectivity index (χ0n) is 12.5. The van der Waals surface area contributed by atoms with Crippen molar-refractivity contribution in [1.82, 2.24) is 9.80 Å². The molecule has 3 aliphatic rings.